The van der Waals surface area contributed by atoms with E-state index in [4.69, 9.17) is 4.43 Å². The maximum absolute atomic E-state index is 10.5. The quantitative estimate of drug-likeness (QED) is 0.515. The van der Waals surface area contributed by atoms with Crippen LogP contribution in [0.1, 0.15) is 53.9 Å². The highest BCUT2D eigenvalue weighted by molar-refractivity contribution is 6.74. The van der Waals surface area contributed by atoms with Gasteiger partial charge < -0.3 is 9.53 Å². The van der Waals surface area contributed by atoms with E-state index >= 15 is 0 Å². The van der Waals surface area contributed by atoms with Crippen LogP contribution in [-0.2, 0) is 4.43 Å². The average Bonchev–Trinajstić information content (AvgIpc) is 2.27. The lowest BCUT2D eigenvalue weighted by Crippen LogP contribution is -2.47. The van der Waals surface area contributed by atoms with Crippen molar-refractivity contribution < 1.29 is 9.53 Å². The van der Waals surface area contributed by atoms with E-state index in [1.807, 2.05) is 13.0 Å². The molecule has 0 rings (SSSR count). The van der Waals surface area contributed by atoms with E-state index in [1.165, 1.54) is 0 Å². The van der Waals surface area contributed by atoms with E-state index < -0.39 is 14.4 Å². The fourth-order valence-electron chi connectivity index (χ4n) is 1.93. The monoisotopic (exact) mass is 286 g/mol. The van der Waals surface area contributed by atoms with Crippen molar-refractivity contribution in [3.8, 4) is 0 Å². The second-order valence-electron chi connectivity index (χ2n) is 7.12. The standard InChI is InChI=1S/C16H34O2Si/c1-9-11-12-14(10-2)15(17)13(3)18-19(7,8)16(4,5)6/h10,13-15,17H,2,9,11-12H2,1,3-8H3/t13-,14-,15-/m1/s1. The molecule has 0 aliphatic heterocycles. The lowest BCUT2D eigenvalue weighted by molar-refractivity contribution is 0.00990. The third kappa shape index (κ3) is 5.80. The molecule has 0 aliphatic carbocycles. The molecule has 0 amide bonds. The number of aliphatic hydroxyl groups is 1. The molecule has 3 atom stereocenters. The summed E-state index contributed by atoms with van der Waals surface area (Å²) in [6.07, 6.45) is 4.58. The molecule has 2 nitrogen and oxygen atoms in total. The highest BCUT2D eigenvalue weighted by Gasteiger charge is 2.40. The van der Waals surface area contributed by atoms with Crippen molar-refractivity contribution in [1.82, 2.24) is 0 Å². The predicted molar refractivity (Wildman–Crippen MR) is 87.0 cm³/mol. The number of aliphatic hydroxyl groups excluding tert-OH is 1. The summed E-state index contributed by atoms with van der Waals surface area (Å²) in [5.74, 6) is 0.139. The Labute approximate surface area is 121 Å². The van der Waals surface area contributed by atoms with E-state index in [9.17, 15) is 5.11 Å². The molecule has 0 saturated carbocycles. The van der Waals surface area contributed by atoms with Crippen LogP contribution in [0.15, 0.2) is 12.7 Å². The largest absolute Gasteiger partial charge is 0.412 e. The molecule has 0 heterocycles. The Morgan fingerprint density at radius 2 is 1.84 bits per heavy atom. The van der Waals surface area contributed by atoms with Crippen LogP contribution in [0.4, 0.5) is 0 Å². The van der Waals surface area contributed by atoms with Gasteiger partial charge in [-0.2, -0.15) is 0 Å². The van der Waals surface area contributed by atoms with Crippen LogP contribution in [-0.4, -0.2) is 25.6 Å². The molecule has 0 aromatic rings. The van der Waals surface area contributed by atoms with Gasteiger partial charge >= 0.3 is 0 Å². The molecule has 0 aromatic carbocycles. The van der Waals surface area contributed by atoms with Crippen molar-refractivity contribution in [3.63, 3.8) is 0 Å². The smallest absolute Gasteiger partial charge is 0.192 e. The molecule has 1 N–H and O–H groups in total. The van der Waals surface area contributed by atoms with Crippen LogP contribution in [0.3, 0.4) is 0 Å². The third-order valence-electron chi connectivity index (χ3n) is 4.40. The van der Waals surface area contributed by atoms with E-state index in [-0.39, 0.29) is 17.1 Å². The van der Waals surface area contributed by atoms with Gasteiger partial charge in [0.2, 0.25) is 0 Å². The fourth-order valence-corrected chi connectivity index (χ4v) is 3.35. The molecule has 0 aliphatic rings. The normalized spacial score (nSPS) is 17.9. The van der Waals surface area contributed by atoms with Crippen molar-refractivity contribution in [3.05, 3.63) is 12.7 Å². The van der Waals surface area contributed by atoms with Crippen LogP contribution in [0, 0.1) is 5.92 Å². The molecular weight excluding hydrogens is 252 g/mol. The first kappa shape index (κ1) is 18.9. The second-order valence-corrected chi connectivity index (χ2v) is 11.9. The van der Waals surface area contributed by atoms with Crippen molar-refractivity contribution >= 4 is 8.32 Å². The molecule has 0 fully saturated rings. The van der Waals surface area contributed by atoms with Crippen LogP contribution < -0.4 is 0 Å². The zero-order chi connectivity index (χ0) is 15.3. The molecule has 0 spiro atoms. The highest BCUT2D eigenvalue weighted by Crippen LogP contribution is 2.38. The first-order chi connectivity index (χ1) is 8.56. The predicted octanol–water partition coefficient (Wildman–Crippen LogP) is 4.75. The molecule has 0 bridgehead atoms. The van der Waals surface area contributed by atoms with Gasteiger partial charge in [-0.25, -0.2) is 0 Å². The van der Waals surface area contributed by atoms with Crippen molar-refractivity contribution in [2.75, 3.05) is 0 Å². The minimum Gasteiger partial charge on any atom is -0.412 e. The van der Waals surface area contributed by atoms with Crippen molar-refractivity contribution in [2.45, 2.75) is 84.2 Å². The van der Waals surface area contributed by atoms with Crippen LogP contribution in [0.5, 0.6) is 0 Å². The van der Waals surface area contributed by atoms with Gasteiger partial charge in [0.05, 0.1) is 12.2 Å². The van der Waals surface area contributed by atoms with Crippen LogP contribution >= 0.6 is 0 Å². The second kappa shape index (κ2) is 7.60. The van der Waals surface area contributed by atoms with E-state index in [0.717, 1.165) is 19.3 Å². The summed E-state index contributed by atoms with van der Waals surface area (Å²) < 4.78 is 6.27. The van der Waals surface area contributed by atoms with Gasteiger partial charge in [-0.3, -0.25) is 0 Å². The van der Waals surface area contributed by atoms with Gasteiger partial charge in [-0.05, 0) is 31.5 Å². The fraction of sp³-hybridized carbons (Fsp3) is 0.875. The first-order valence-corrected chi connectivity index (χ1v) is 10.5. The Bertz CT molecular complexity index is 268. The molecule has 0 aromatic heterocycles. The van der Waals surface area contributed by atoms with Gasteiger partial charge in [0.1, 0.15) is 0 Å². The summed E-state index contributed by atoms with van der Waals surface area (Å²) >= 11 is 0. The minimum atomic E-state index is -1.81. The Balaban J connectivity index is 4.63. The van der Waals surface area contributed by atoms with Gasteiger partial charge in [-0.1, -0.05) is 46.6 Å². The summed E-state index contributed by atoms with van der Waals surface area (Å²) in [6, 6.07) is 0. The Morgan fingerprint density at radius 1 is 1.32 bits per heavy atom. The van der Waals surface area contributed by atoms with Crippen LogP contribution in [0.25, 0.3) is 0 Å². The highest BCUT2D eigenvalue weighted by atomic mass is 28.4. The Hall–Kier alpha value is -0.123. The molecular formula is C16H34O2Si. The van der Waals surface area contributed by atoms with Crippen molar-refractivity contribution in [2.24, 2.45) is 5.92 Å². The lowest BCUT2D eigenvalue weighted by atomic mass is 9.93. The van der Waals surface area contributed by atoms with Gasteiger partial charge in [0, 0.05) is 5.92 Å². The van der Waals surface area contributed by atoms with E-state index in [1.54, 1.807) is 0 Å². The molecule has 114 valence electrons. The third-order valence-corrected chi connectivity index (χ3v) is 8.97. The number of unbranched alkanes of at least 4 members (excludes halogenated alkanes) is 1. The topological polar surface area (TPSA) is 29.5 Å². The van der Waals surface area contributed by atoms with Gasteiger partial charge in [0.15, 0.2) is 8.32 Å². The average molecular weight is 287 g/mol. The summed E-state index contributed by atoms with van der Waals surface area (Å²) in [5.41, 5.74) is 0. The minimum absolute atomic E-state index is 0.124. The van der Waals surface area contributed by atoms with E-state index in [2.05, 4.69) is 47.4 Å². The molecule has 3 heteroatoms. The lowest BCUT2D eigenvalue weighted by Gasteiger charge is -2.40. The van der Waals surface area contributed by atoms with Gasteiger partial charge in [0.25, 0.3) is 0 Å². The summed E-state index contributed by atoms with van der Waals surface area (Å²) in [7, 11) is -1.81. The maximum Gasteiger partial charge on any atom is 0.192 e. The van der Waals surface area contributed by atoms with E-state index in [0.29, 0.717) is 0 Å². The first-order valence-electron chi connectivity index (χ1n) is 7.55. The number of hydrogen-bond donors (Lipinski definition) is 1. The Kier molecular flexibility index (Phi) is 7.55. The zero-order valence-electron chi connectivity index (χ0n) is 14.0. The van der Waals surface area contributed by atoms with Gasteiger partial charge in [-0.15, -0.1) is 6.58 Å². The number of rotatable bonds is 8. The SMILES string of the molecule is C=C[C@H](CCCC)[C@H](O)[C@@H](C)O[Si](C)(C)C(C)(C)C. The molecule has 0 unspecified atom stereocenters. The summed E-state index contributed by atoms with van der Waals surface area (Å²) in [4.78, 5) is 0. The number of hydrogen-bond acceptors (Lipinski definition) is 2. The molecule has 19 heavy (non-hydrogen) atoms. The maximum atomic E-state index is 10.5. The molecule has 0 radical (unpaired) electrons. The van der Waals surface area contributed by atoms with Crippen LogP contribution in [0.2, 0.25) is 18.1 Å². The summed E-state index contributed by atoms with van der Waals surface area (Å²) in [6.45, 7) is 19.1. The van der Waals surface area contributed by atoms with Crippen molar-refractivity contribution in [1.29, 1.82) is 0 Å². The summed E-state index contributed by atoms with van der Waals surface area (Å²) in [5, 5.41) is 10.6. The zero-order valence-corrected chi connectivity index (χ0v) is 15.0. The molecule has 0 saturated heterocycles. The Morgan fingerprint density at radius 3 is 2.21 bits per heavy atom.